The third-order valence-corrected chi connectivity index (χ3v) is 3.03. The van der Waals surface area contributed by atoms with Gasteiger partial charge in [-0.25, -0.2) is 0 Å². The van der Waals surface area contributed by atoms with Gasteiger partial charge >= 0.3 is 0 Å². The summed E-state index contributed by atoms with van der Waals surface area (Å²) in [5.41, 5.74) is 2.23. The molecule has 2 aromatic carbocycles. The Hall–Kier alpha value is -2.33. The SMILES string of the molecule is Cc1ccc(C(O)CNC(=O)c2cccc(O)c2)cc1. The van der Waals surface area contributed by atoms with E-state index in [1.165, 1.54) is 12.1 Å². The Labute approximate surface area is 117 Å². The number of rotatable bonds is 4. The normalized spacial score (nSPS) is 11.9. The summed E-state index contributed by atoms with van der Waals surface area (Å²) in [5.74, 6) is -0.288. The van der Waals surface area contributed by atoms with Crippen molar-refractivity contribution < 1.29 is 15.0 Å². The molecule has 0 aromatic heterocycles. The fourth-order valence-corrected chi connectivity index (χ4v) is 1.85. The monoisotopic (exact) mass is 271 g/mol. The zero-order valence-electron chi connectivity index (χ0n) is 11.2. The van der Waals surface area contributed by atoms with Gasteiger partial charge in [0.2, 0.25) is 0 Å². The average molecular weight is 271 g/mol. The number of hydrogen-bond acceptors (Lipinski definition) is 3. The number of aliphatic hydroxyl groups is 1. The second-order valence-corrected chi connectivity index (χ2v) is 4.69. The van der Waals surface area contributed by atoms with Crippen LogP contribution in [0.3, 0.4) is 0 Å². The molecule has 1 unspecified atom stereocenters. The van der Waals surface area contributed by atoms with Crippen LogP contribution in [0.15, 0.2) is 48.5 Å². The van der Waals surface area contributed by atoms with E-state index in [9.17, 15) is 15.0 Å². The maximum absolute atomic E-state index is 11.9. The first-order chi connectivity index (χ1) is 9.56. The van der Waals surface area contributed by atoms with Crippen LogP contribution in [0.25, 0.3) is 0 Å². The first-order valence-electron chi connectivity index (χ1n) is 6.38. The zero-order chi connectivity index (χ0) is 14.5. The van der Waals surface area contributed by atoms with Crippen molar-refractivity contribution >= 4 is 5.91 Å². The molecule has 0 saturated carbocycles. The van der Waals surface area contributed by atoms with E-state index < -0.39 is 6.10 Å². The fourth-order valence-electron chi connectivity index (χ4n) is 1.85. The number of phenols is 1. The Morgan fingerprint density at radius 1 is 1.20 bits per heavy atom. The number of phenolic OH excluding ortho intramolecular Hbond substituents is 1. The number of benzene rings is 2. The highest BCUT2D eigenvalue weighted by atomic mass is 16.3. The molecule has 0 bridgehead atoms. The number of hydrogen-bond donors (Lipinski definition) is 3. The van der Waals surface area contributed by atoms with Gasteiger partial charge in [-0.1, -0.05) is 35.9 Å². The van der Waals surface area contributed by atoms with Crippen molar-refractivity contribution in [2.45, 2.75) is 13.0 Å². The predicted molar refractivity (Wildman–Crippen MR) is 76.6 cm³/mol. The van der Waals surface area contributed by atoms with Crippen LogP contribution in [0.1, 0.15) is 27.6 Å². The standard InChI is InChI=1S/C16H17NO3/c1-11-5-7-12(8-6-11)15(19)10-17-16(20)13-3-2-4-14(18)9-13/h2-9,15,18-19H,10H2,1H3,(H,17,20). The van der Waals surface area contributed by atoms with Crippen LogP contribution < -0.4 is 5.32 Å². The van der Waals surface area contributed by atoms with Crippen LogP contribution in [0.2, 0.25) is 0 Å². The second-order valence-electron chi connectivity index (χ2n) is 4.69. The molecule has 4 nitrogen and oxygen atoms in total. The van der Waals surface area contributed by atoms with E-state index >= 15 is 0 Å². The molecular weight excluding hydrogens is 254 g/mol. The molecule has 104 valence electrons. The fraction of sp³-hybridized carbons (Fsp3) is 0.188. The molecule has 0 aliphatic heterocycles. The summed E-state index contributed by atoms with van der Waals surface area (Å²) in [6.45, 7) is 2.09. The van der Waals surface area contributed by atoms with Crippen molar-refractivity contribution in [2.75, 3.05) is 6.54 Å². The van der Waals surface area contributed by atoms with Gasteiger partial charge in [0.05, 0.1) is 6.10 Å². The molecule has 2 aromatic rings. The summed E-state index contributed by atoms with van der Waals surface area (Å²) < 4.78 is 0. The molecule has 0 saturated heterocycles. The highest BCUT2D eigenvalue weighted by Gasteiger charge is 2.11. The maximum atomic E-state index is 11.9. The van der Waals surface area contributed by atoms with E-state index in [1.54, 1.807) is 12.1 Å². The molecule has 4 heteroatoms. The van der Waals surface area contributed by atoms with Crippen molar-refractivity contribution in [3.63, 3.8) is 0 Å². The number of aromatic hydroxyl groups is 1. The predicted octanol–water partition coefficient (Wildman–Crippen LogP) is 2.16. The van der Waals surface area contributed by atoms with Crippen LogP contribution in [0, 0.1) is 6.92 Å². The van der Waals surface area contributed by atoms with Gasteiger partial charge in [-0.2, -0.15) is 0 Å². The van der Waals surface area contributed by atoms with E-state index in [0.29, 0.717) is 5.56 Å². The van der Waals surface area contributed by atoms with Gasteiger partial charge in [0.1, 0.15) is 5.75 Å². The van der Waals surface area contributed by atoms with Gasteiger partial charge in [0.15, 0.2) is 0 Å². The van der Waals surface area contributed by atoms with E-state index in [0.717, 1.165) is 11.1 Å². The van der Waals surface area contributed by atoms with Crippen molar-refractivity contribution in [3.8, 4) is 5.75 Å². The Balaban J connectivity index is 1.94. The van der Waals surface area contributed by atoms with Gasteiger partial charge in [0, 0.05) is 12.1 Å². The molecule has 2 rings (SSSR count). The number of aryl methyl sites for hydroxylation is 1. The van der Waals surface area contributed by atoms with Gasteiger partial charge < -0.3 is 15.5 Å². The number of aliphatic hydroxyl groups excluding tert-OH is 1. The number of nitrogens with one attached hydrogen (secondary N) is 1. The third-order valence-electron chi connectivity index (χ3n) is 3.03. The lowest BCUT2D eigenvalue weighted by molar-refractivity contribution is 0.0916. The Kier molecular flexibility index (Phi) is 4.38. The van der Waals surface area contributed by atoms with Crippen LogP contribution in [-0.4, -0.2) is 22.7 Å². The zero-order valence-corrected chi connectivity index (χ0v) is 11.2. The minimum Gasteiger partial charge on any atom is -0.508 e. The molecule has 0 radical (unpaired) electrons. The topological polar surface area (TPSA) is 69.6 Å². The molecular formula is C16H17NO3. The summed E-state index contributed by atoms with van der Waals surface area (Å²) in [4.78, 5) is 11.9. The number of carbonyl (C=O) groups excluding carboxylic acids is 1. The lowest BCUT2D eigenvalue weighted by Gasteiger charge is -2.12. The molecule has 0 spiro atoms. The Bertz CT molecular complexity index is 593. The van der Waals surface area contributed by atoms with Crippen LogP contribution >= 0.6 is 0 Å². The maximum Gasteiger partial charge on any atom is 0.251 e. The smallest absolute Gasteiger partial charge is 0.251 e. The van der Waals surface area contributed by atoms with Gasteiger partial charge in [0.25, 0.3) is 5.91 Å². The third kappa shape index (κ3) is 3.59. The first-order valence-corrected chi connectivity index (χ1v) is 6.38. The first kappa shape index (κ1) is 14.1. The highest BCUT2D eigenvalue weighted by Crippen LogP contribution is 2.14. The van der Waals surface area contributed by atoms with Gasteiger partial charge in [-0.05, 0) is 30.7 Å². The lowest BCUT2D eigenvalue weighted by Crippen LogP contribution is -2.28. The molecule has 3 N–H and O–H groups in total. The highest BCUT2D eigenvalue weighted by molar-refractivity contribution is 5.94. The van der Waals surface area contributed by atoms with Crippen LogP contribution in [0.5, 0.6) is 5.75 Å². The number of carbonyl (C=O) groups is 1. The van der Waals surface area contributed by atoms with Crippen molar-refractivity contribution in [1.82, 2.24) is 5.32 Å². The van der Waals surface area contributed by atoms with Crippen molar-refractivity contribution in [2.24, 2.45) is 0 Å². The Morgan fingerprint density at radius 2 is 1.90 bits per heavy atom. The largest absolute Gasteiger partial charge is 0.508 e. The average Bonchev–Trinajstić information content (AvgIpc) is 2.45. The summed E-state index contributed by atoms with van der Waals surface area (Å²) in [5, 5.41) is 22.0. The van der Waals surface area contributed by atoms with Crippen LogP contribution in [-0.2, 0) is 0 Å². The molecule has 1 atom stereocenters. The summed E-state index contributed by atoms with van der Waals surface area (Å²) in [7, 11) is 0. The van der Waals surface area contributed by atoms with E-state index in [4.69, 9.17) is 0 Å². The summed E-state index contributed by atoms with van der Waals surface area (Å²) >= 11 is 0. The quantitative estimate of drug-likeness (QED) is 0.798. The summed E-state index contributed by atoms with van der Waals surface area (Å²) in [6.07, 6.45) is -0.753. The molecule has 0 aliphatic carbocycles. The van der Waals surface area contributed by atoms with Gasteiger partial charge in [-0.3, -0.25) is 4.79 Å². The summed E-state index contributed by atoms with van der Waals surface area (Å²) in [6, 6.07) is 13.6. The van der Waals surface area contributed by atoms with Crippen LogP contribution in [0.4, 0.5) is 0 Å². The lowest BCUT2D eigenvalue weighted by atomic mass is 10.1. The van der Waals surface area contributed by atoms with Crippen molar-refractivity contribution in [1.29, 1.82) is 0 Å². The van der Waals surface area contributed by atoms with Gasteiger partial charge in [-0.15, -0.1) is 0 Å². The van der Waals surface area contributed by atoms with Crippen molar-refractivity contribution in [3.05, 3.63) is 65.2 Å². The molecule has 0 fully saturated rings. The molecule has 1 amide bonds. The van der Waals surface area contributed by atoms with E-state index in [-0.39, 0.29) is 18.2 Å². The minimum atomic E-state index is -0.753. The minimum absolute atomic E-state index is 0.0386. The molecule has 0 aliphatic rings. The number of amides is 1. The molecule has 20 heavy (non-hydrogen) atoms. The second kappa shape index (κ2) is 6.21. The molecule has 0 heterocycles. The Morgan fingerprint density at radius 3 is 2.55 bits per heavy atom. The van der Waals surface area contributed by atoms with E-state index in [2.05, 4.69) is 5.32 Å². The van der Waals surface area contributed by atoms with E-state index in [1.807, 2.05) is 31.2 Å².